The summed E-state index contributed by atoms with van der Waals surface area (Å²) in [5.41, 5.74) is 1.13. The van der Waals surface area contributed by atoms with Crippen molar-refractivity contribution in [2.24, 2.45) is 13.0 Å². The number of halogens is 1. The topological polar surface area (TPSA) is 84.3 Å². The fourth-order valence-corrected chi connectivity index (χ4v) is 5.31. The van der Waals surface area contributed by atoms with Gasteiger partial charge in [0.2, 0.25) is 15.9 Å². The fraction of sp³-hybridized carbons (Fsp3) is 0.280. The lowest BCUT2D eigenvalue weighted by molar-refractivity contribution is -0.126. The van der Waals surface area contributed by atoms with Crippen LogP contribution in [0.2, 0.25) is 0 Å². The number of hydrogen-bond donors (Lipinski definition) is 1. The molecule has 0 aliphatic carbocycles. The number of imidazole rings is 1. The summed E-state index contributed by atoms with van der Waals surface area (Å²) >= 11 is 0. The zero-order valence-corrected chi connectivity index (χ0v) is 19.7. The van der Waals surface area contributed by atoms with Crippen molar-refractivity contribution in [3.05, 3.63) is 95.2 Å². The first kappa shape index (κ1) is 23.8. The molecule has 34 heavy (non-hydrogen) atoms. The molecular formula is C25H27FN4O3S. The summed E-state index contributed by atoms with van der Waals surface area (Å²) in [6.07, 6.45) is 5.67. The molecule has 1 atom stereocenters. The van der Waals surface area contributed by atoms with Crippen molar-refractivity contribution in [2.45, 2.75) is 18.9 Å². The first-order chi connectivity index (χ1) is 16.3. The molecule has 1 saturated heterocycles. The van der Waals surface area contributed by atoms with Crippen LogP contribution in [0.5, 0.6) is 0 Å². The number of amides is 1. The molecule has 4 rings (SSSR count). The number of aryl methyl sites for hydroxylation is 1. The summed E-state index contributed by atoms with van der Waals surface area (Å²) in [4.78, 5) is 17.4. The standard InChI is InChI=1S/C25H27FN4O3S/c1-29-17-14-27-24(29)23(21-9-5-6-10-22(21)26)28-25(31)20-11-15-30(16-12-20)34(32,33)18-13-19-7-3-2-4-8-19/h2-10,13-14,17-18,20,23H,11-12,15-16H2,1H3,(H,28,31)/b18-13+. The third-order valence-electron chi connectivity index (χ3n) is 6.04. The van der Waals surface area contributed by atoms with Gasteiger partial charge in [0.05, 0.1) is 0 Å². The van der Waals surface area contributed by atoms with Gasteiger partial charge >= 0.3 is 0 Å². The average molecular weight is 483 g/mol. The molecule has 0 radical (unpaired) electrons. The Morgan fingerprint density at radius 1 is 1.12 bits per heavy atom. The molecule has 178 valence electrons. The van der Waals surface area contributed by atoms with Gasteiger partial charge in [-0.2, -0.15) is 4.31 Å². The van der Waals surface area contributed by atoms with Gasteiger partial charge in [0.15, 0.2) is 0 Å². The van der Waals surface area contributed by atoms with Crippen LogP contribution in [0, 0.1) is 11.7 Å². The van der Waals surface area contributed by atoms with E-state index in [0.717, 1.165) is 5.56 Å². The second-order valence-electron chi connectivity index (χ2n) is 8.29. The highest BCUT2D eigenvalue weighted by molar-refractivity contribution is 7.92. The Morgan fingerprint density at radius 2 is 1.79 bits per heavy atom. The molecule has 7 nitrogen and oxygen atoms in total. The first-order valence-corrected chi connectivity index (χ1v) is 12.6. The molecule has 1 unspecified atom stereocenters. The minimum Gasteiger partial charge on any atom is -0.342 e. The smallest absolute Gasteiger partial charge is 0.236 e. The van der Waals surface area contributed by atoms with Crippen molar-refractivity contribution in [1.82, 2.24) is 19.2 Å². The molecule has 1 amide bonds. The van der Waals surface area contributed by atoms with Crippen molar-refractivity contribution < 1.29 is 17.6 Å². The predicted octanol–water partition coefficient (Wildman–Crippen LogP) is 3.48. The second-order valence-corrected chi connectivity index (χ2v) is 10.1. The summed E-state index contributed by atoms with van der Waals surface area (Å²) in [6.45, 7) is 0.485. The highest BCUT2D eigenvalue weighted by Crippen LogP contribution is 2.26. The molecule has 0 saturated carbocycles. The van der Waals surface area contributed by atoms with Gasteiger partial charge in [0, 0.05) is 49.4 Å². The van der Waals surface area contributed by atoms with E-state index < -0.39 is 21.9 Å². The van der Waals surface area contributed by atoms with Crippen LogP contribution in [0.1, 0.15) is 35.8 Å². The van der Waals surface area contributed by atoms with Gasteiger partial charge < -0.3 is 9.88 Å². The molecule has 1 aliphatic rings. The van der Waals surface area contributed by atoms with Crippen LogP contribution in [-0.2, 0) is 21.9 Å². The lowest BCUT2D eigenvalue weighted by atomic mass is 9.96. The van der Waals surface area contributed by atoms with Crippen molar-refractivity contribution in [2.75, 3.05) is 13.1 Å². The monoisotopic (exact) mass is 482 g/mol. The molecule has 0 spiro atoms. The molecule has 9 heteroatoms. The van der Waals surface area contributed by atoms with E-state index >= 15 is 0 Å². The van der Waals surface area contributed by atoms with E-state index in [4.69, 9.17) is 0 Å². The van der Waals surface area contributed by atoms with Crippen LogP contribution in [0.15, 0.2) is 72.4 Å². The number of hydrogen-bond acceptors (Lipinski definition) is 4. The SMILES string of the molecule is Cn1ccnc1C(NC(=O)C1CCN(S(=O)(=O)/C=C/c2ccccc2)CC1)c1ccccc1F. The summed E-state index contributed by atoms with van der Waals surface area (Å²) in [5.74, 6) is -0.529. The van der Waals surface area contributed by atoms with Gasteiger partial charge in [0.1, 0.15) is 17.7 Å². The number of rotatable bonds is 7. The van der Waals surface area contributed by atoms with Crippen LogP contribution in [-0.4, -0.2) is 41.3 Å². The Bertz CT molecular complexity index is 1270. The van der Waals surface area contributed by atoms with E-state index in [1.807, 2.05) is 30.3 Å². The zero-order chi connectivity index (χ0) is 24.1. The highest BCUT2D eigenvalue weighted by Gasteiger charge is 2.32. The maximum Gasteiger partial charge on any atom is 0.236 e. The number of carbonyl (C=O) groups is 1. The van der Waals surface area contributed by atoms with Crippen LogP contribution in [0.3, 0.4) is 0 Å². The Hall–Kier alpha value is -3.30. The van der Waals surface area contributed by atoms with Crippen molar-refractivity contribution in [3.8, 4) is 0 Å². The van der Waals surface area contributed by atoms with Crippen molar-refractivity contribution in [3.63, 3.8) is 0 Å². The molecule has 0 bridgehead atoms. The van der Waals surface area contributed by atoms with E-state index in [2.05, 4.69) is 10.3 Å². The predicted molar refractivity (Wildman–Crippen MR) is 128 cm³/mol. The Balaban J connectivity index is 1.43. The minimum absolute atomic E-state index is 0.242. The number of sulfonamides is 1. The van der Waals surface area contributed by atoms with Crippen LogP contribution in [0.4, 0.5) is 4.39 Å². The maximum absolute atomic E-state index is 14.6. The molecular weight excluding hydrogens is 455 g/mol. The fourth-order valence-electron chi connectivity index (χ4n) is 4.09. The van der Waals surface area contributed by atoms with Crippen LogP contribution in [0.25, 0.3) is 6.08 Å². The average Bonchev–Trinajstić information content (AvgIpc) is 3.28. The van der Waals surface area contributed by atoms with Crippen molar-refractivity contribution >= 4 is 22.0 Å². The lowest BCUT2D eigenvalue weighted by Crippen LogP contribution is -2.43. The number of nitrogens with one attached hydrogen (secondary N) is 1. The summed E-state index contributed by atoms with van der Waals surface area (Å²) in [7, 11) is -1.80. The number of carbonyl (C=O) groups excluding carboxylic acids is 1. The Kier molecular flexibility index (Phi) is 7.23. The Labute approximate surface area is 199 Å². The molecule has 1 fully saturated rings. The molecule has 1 aromatic heterocycles. The number of piperidine rings is 1. The van der Waals surface area contributed by atoms with Gasteiger partial charge in [-0.1, -0.05) is 48.5 Å². The van der Waals surface area contributed by atoms with Gasteiger partial charge in [-0.15, -0.1) is 0 Å². The summed E-state index contributed by atoms with van der Waals surface area (Å²) < 4.78 is 43.1. The minimum atomic E-state index is -3.59. The maximum atomic E-state index is 14.6. The summed E-state index contributed by atoms with van der Waals surface area (Å²) in [6, 6.07) is 14.8. The number of nitrogens with zero attached hydrogens (tertiary/aromatic N) is 3. The van der Waals surface area contributed by atoms with Crippen LogP contribution >= 0.6 is 0 Å². The number of aromatic nitrogens is 2. The third kappa shape index (κ3) is 5.43. The molecule has 3 aromatic rings. The Morgan fingerprint density at radius 3 is 2.44 bits per heavy atom. The quantitative estimate of drug-likeness (QED) is 0.559. The normalized spacial score (nSPS) is 16.5. The molecule has 2 heterocycles. The second kappa shape index (κ2) is 10.3. The van der Waals surface area contributed by atoms with Gasteiger partial charge in [-0.25, -0.2) is 17.8 Å². The zero-order valence-electron chi connectivity index (χ0n) is 18.8. The van der Waals surface area contributed by atoms with Crippen LogP contribution < -0.4 is 5.32 Å². The summed E-state index contributed by atoms with van der Waals surface area (Å²) in [5, 5.41) is 4.15. The van der Waals surface area contributed by atoms with E-state index in [1.54, 1.807) is 48.3 Å². The van der Waals surface area contributed by atoms with Gasteiger partial charge in [-0.05, 0) is 30.5 Å². The van der Waals surface area contributed by atoms with E-state index in [9.17, 15) is 17.6 Å². The van der Waals surface area contributed by atoms with E-state index in [0.29, 0.717) is 24.2 Å². The third-order valence-corrected chi connectivity index (χ3v) is 7.60. The van der Waals surface area contributed by atoms with E-state index in [-0.39, 0.29) is 24.9 Å². The molecule has 2 aromatic carbocycles. The number of benzene rings is 2. The highest BCUT2D eigenvalue weighted by atomic mass is 32.2. The molecule has 1 N–H and O–H groups in total. The lowest BCUT2D eigenvalue weighted by Gasteiger charge is -2.30. The van der Waals surface area contributed by atoms with Gasteiger partial charge in [0.25, 0.3) is 0 Å². The van der Waals surface area contributed by atoms with Gasteiger partial charge in [-0.3, -0.25) is 4.79 Å². The first-order valence-electron chi connectivity index (χ1n) is 11.1. The van der Waals surface area contributed by atoms with E-state index in [1.165, 1.54) is 15.8 Å². The molecule has 1 aliphatic heterocycles. The largest absolute Gasteiger partial charge is 0.342 e. The van der Waals surface area contributed by atoms with Crippen molar-refractivity contribution in [1.29, 1.82) is 0 Å².